The number of carbonyl (C=O) groups excluding carboxylic acids is 1. The van der Waals surface area contributed by atoms with Crippen LogP contribution in [0.3, 0.4) is 0 Å². The van der Waals surface area contributed by atoms with Gasteiger partial charge in [0.15, 0.2) is 0 Å². The Bertz CT molecular complexity index is 1050. The maximum absolute atomic E-state index is 13.6. The Balaban J connectivity index is 1.71. The maximum atomic E-state index is 13.6. The molecule has 0 saturated heterocycles. The van der Waals surface area contributed by atoms with Gasteiger partial charge < -0.3 is 9.84 Å². The van der Waals surface area contributed by atoms with Crippen molar-refractivity contribution in [1.29, 1.82) is 0 Å². The summed E-state index contributed by atoms with van der Waals surface area (Å²) < 4.78 is 6.26. The molecular weight excluding hydrogens is 408 g/mol. The smallest absolute Gasteiger partial charge is 0.338 e. The van der Waals surface area contributed by atoms with Crippen LogP contribution in [0.2, 0.25) is 0 Å². The Morgan fingerprint density at radius 2 is 1.36 bits per heavy atom. The summed E-state index contributed by atoms with van der Waals surface area (Å²) in [5.74, 6) is -0.295. The van der Waals surface area contributed by atoms with E-state index in [1.807, 2.05) is 78.9 Å². The fourth-order valence-corrected chi connectivity index (χ4v) is 5.02. The van der Waals surface area contributed by atoms with Crippen molar-refractivity contribution in [2.75, 3.05) is 0 Å². The lowest BCUT2D eigenvalue weighted by atomic mass is 9.77. The van der Waals surface area contributed by atoms with Crippen LogP contribution in [0, 0.1) is 5.92 Å². The van der Waals surface area contributed by atoms with Gasteiger partial charge in [0.25, 0.3) is 0 Å². The second-order valence-electron chi connectivity index (χ2n) is 9.45. The molecule has 1 atom stereocenters. The fourth-order valence-electron chi connectivity index (χ4n) is 5.02. The van der Waals surface area contributed by atoms with Crippen molar-refractivity contribution in [3.05, 3.63) is 119 Å². The second-order valence-corrected chi connectivity index (χ2v) is 9.45. The van der Waals surface area contributed by atoms with E-state index in [4.69, 9.17) is 4.74 Å². The van der Waals surface area contributed by atoms with E-state index in [0.717, 1.165) is 17.5 Å². The molecule has 1 heterocycles. The van der Waals surface area contributed by atoms with Crippen LogP contribution in [-0.2, 0) is 16.0 Å². The molecule has 1 aliphatic heterocycles. The molecule has 1 aliphatic rings. The number of ether oxygens (including phenoxy) is 1. The van der Waals surface area contributed by atoms with Crippen molar-refractivity contribution >= 4 is 5.97 Å². The second kappa shape index (κ2) is 10.1. The standard InChI is InChI=1S/C30H32O3/c1-22(2)20-30(19-18-23-12-6-3-7-13-23)21-26(31)28(29(32)33-30)27(24-14-8-4-9-15-24)25-16-10-5-11-17-25/h3-17,22,27,31H,18-21H2,1-2H3. The third-order valence-electron chi connectivity index (χ3n) is 6.38. The largest absolute Gasteiger partial charge is 0.512 e. The zero-order valence-electron chi connectivity index (χ0n) is 19.4. The summed E-state index contributed by atoms with van der Waals surface area (Å²) in [6, 6.07) is 30.0. The molecule has 3 nitrogen and oxygen atoms in total. The van der Waals surface area contributed by atoms with E-state index < -0.39 is 11.6 Å². The summed E-state index contributed by atoms with van der Waals surface area (Å²) in [7, 11) is 0. The van der Waals surface area contributed by atoms with Crippen LogP contribution in [0.5, 0.6) is 0 Å². The van der Waals surface area contributed by atoms with Gasteiger partial charge in [-0.25, -0.2) is 4.79 Å². The Morgan fingerprint density at radius 1 is 0.848 bits per heavy atom. The summed E-state index contributed by atoms with van der Waals surface area (Å²) in [6.45, 7) is 4.26. The molecule has 0 bridgehead atoms. The number of aliphatic hydroxyl groups is 1. The summed E-state index contributed by atoms with van der Waals surface area (Å²) in [4.78, 5) is 13.6. The molecule has 33 heavy (non-hydrogen) atoms. The first-order valence-corrected chi connectivity index (χ1v) is 11.8. The third-order valence-corrected chi connectivity index (χ3v) is 6.38. The van der Waals surface area contributed by atoms with Crippen LogP contribution in [0.4, 0.5) is 0 Å². The summed E-state index contributed by atoms with van der Waals surface area (Å²) in [5, 5.41) is 11.4. The van der Waals surface area contributed by atoms with Crippen LogP contribution in [0.25, 0.3) is 0 Å². The van der Waals surface area contributed by atoms with E-state index in [1.54, 1.807) is 0 Å². The summed E-state index contributed by atoms with van der Waals surface area (Å²) >= 11 is 0. The first-order chi connectivity index (χ1) is 16.0. The Hall–Kier alpha value is -3.33. The molecule has 0 aromatic heterocycles. The SMILES string of the molecule is CC(C)CC1(CCc2ccccc2)CC(O)=C(C(c2ccccc2)c2ccccc2)C(=O)O1. The van der Waals surface area contributed by atoms with Gasteiger partial charge in [-0.05, 0) is 41.9 Å². The quantitative estimate of drug-likeness (QED) is 0.384. The average molecular weight is 441 g/mol. The minimum absolute atomic E-state index is 0.151. The number of hydrogen-bond donors (Lipinski definition) is 1. The van der Waals surface area contributed by atoms with Crippen molar-refractivity contribution in [3.63, 3.8) is 0 Å². The van der Waals surface area contributed by atoms with Crippen LogP contribution in [0.1, 0.15) is 55.7 Å². The van der Waals surface area contributed by atoms with Crippen molar-refractivity contribution in [1.82, 2.24) is 0 Å². The first-order valence-electron chi connectivity index (χ1n) is 11.8. The maximum Gasteiger partial charge on any atom is 0.338 e. The average Bonchev–Trinajstić information content (AvgIpc) is 2.81. The van der Waals surface area contributed by atoms with Crippen LogP contribution in [0.15, 0.2) is 102 Å². The highest BCUT2D eigenvalue weighted by Crippen LogP contribution is 2.43. The van der Waals surface area contributed by atoms with Crippen LogP contribution in [-0.4, -0.2) is 16.7 Å². The number of hydrogen-bond acceptors (Lipinski definition) is 3. The van der Waals surface area contributed by atoms with Crippen molar-refractivity contribution in [2.45, 2.75) is 51.0 Å². The molecule has 3 aromatic carbocycles. The van der Waals surface area contributed by atoms with E-state index in [2.05, 4.69) is 26.0 Å². The zero-order chi connectivity index (χ0) is 23.3. The molecule has 1 unspecified atom stereocenters. The fraction of sp³-hybridized carbons (Fsp3) is 0.300. The van der Waals surface area contributed by atoms with Gasteiger partial charge in [-0.15, -0.1) is 0 Å². The first kappa shape index (κ1) is 22.8. The van der Waals surface area contributed by atoms with Crippen molar-refractivity contribution in [3.8, 4) is 0 Å². The molecule has 0 radical (unpaired) electrons. The van der Waals surface area contributed by atoms with Gasteiger partial charge in [0.2, 0.25) is 0 Å². The molecule has 4 rings (SSSR count). The third kappa shape index (κ3) is 5.36. The highest BCUT2D eigenvalue weighted by Gasteiger charge is 2.44. The summed E-state index contributed by atoms with van der Waals surface area (Å²) in [5.41, 5.74) is 2.78. The van der Waals surface area contributed by atoms with Gasteiger partial charge in [0.05, 0.1) is 5.57 Å². The Labute approximate surface area is 196 Å². The van der Waals surface area contributed by atoms with Crippen LogP contribution < -0.4 is 0 Å². The van der Waals surface area contributed by atoms with Gasteiger partial charge in [-0.3, -0.25) is 0 Å². The highest BCUT2D eigenvalue weighted by atomic mass is 16.6. The molecular formula is C30H32O3. The van der Waals surface area contributed by atoms with Gasteiger partial charge in [-0.2, -0.15) is 0 Å². The number of cyclic esters (lactones) is 1. The highest BCUT2D eigenvalue weighted by molar-refractivity contribution is 5.93. The predicted molar refractivity (Wildman–Crippen MR) is 132 cm³/mol. The van der Waals surface area contributed by atoms with E-state index in [0.29, 0.717) is 30.8 Å². The molecule has 0 fully saturated rings. The molecule has 3 aromatic rings. The molecule has 1 N–H and O–H groups in total. The lowest BCUT2D eigenvalue weighted by Gasteiger charge is -2.40. The van der Waals surface area contributed by atoms with E-state index in [-0.39, 0.29) is 11.7 Å². The van der Waals surface area contributed by atoms with E-state index >= 15 is 0 Å². The number of esters is 1. The number of carbonyl (C=O) groups is 1. The van der Waals surface area contributed by atoms with E-state index in [9.17, 15) is 9.90 Å². The Kier molecular flexibility index (Phi) is 6.98. The zero-order valence-corrected chi connectivity index (χ0v) is 19.4. The van der Waals surface area contributed by atoms with Gasteiger partial charge in [0.1, 0.15) is 11.4 Å². The number of aryl methyl sites for hydroxylation is 1. The monoisotopic (exact) mass is 440 g/mol. The number of aliphatic hydroxyl groups excluding tert-OH is 1. The van der Waals surface area contributed by atoms with Gasteiger partial charge in [-0.1, -0.05) is 105 Å². The summed E-state index contributed by atoms with van der Waals surface area (Å²) in [6.07, 6.45) is 2.53. The lowest BCUT2D eigenvalue weighted by Crippen LogP contribution is -2.42. The molecule has 0 spiro atoms. The van der Waals surface area contributed by atoms with Gasteiger partial charge in [0, 0.05) is 12.3 Å². The van der Waals surface area contributed by atoms with E-state index in [1.165, 1.54) is 5.56 Å². The molecule has 0 saturated carbocycles. The molecule has 3 heteroatoms. The molecule has 0 aliphatic carbocycles. The number of benzene rings is 3. The van der Waals surface area contributed by atoms with Gasteiger partial charge >= 0.3 is 5.97 Å². The van der Waals surface area contributed by atoms with Crippen molar-refractivity contribution < 1.29 is 14.6 Å². The normalized spacial score (nSPS) is 18.6. The molecule has 0 amide bonds. The topological polar surface area (TPSA) is 46.5 Å². The predicted octanol–water partition coefficient (Wildman–Crippen LogP) is 7.00. The lowest BCUT2D eigenvalue weighted by molar-refractivity contribution is -0.162. The van der Waals surface area contributed by atoms with Crippen molar-refractivity contribution in [2.24, 2.45) is 5.92 Å². The number of rotatable bonds is 8. The Morgan fingerprint density at radius 3 is 1.85 bits per heavy atom. The minimum Gasteiger partial charge on any atom is -0.512 e. The minimum atomic E-state index is -0.702. The molecule has 170 valence electrons. The van der Waals surface area contributed by atoms with Crippen LogP contribution >= 0.6 is 0 Å².